The van der Waals surface area contributed by atoms with Gasteiger partial charge in [-0.15, -0.1) is 0 Å². The minimum absolute atomic E-state index is 0.0229. The van der Waals surface area contributed by atoms with Gasteiger partial charge in [0.1, 0.15) is 0 Å². The third-order valence-electron chi connectivity index (χ3n) is 5.55. The van der Waals surface area contributed by atoms with Gasteiger partial charge in [0.15, 0.2) is 0 Å². The van der Waals surface area contributed by atoms with E-state index in [1.54, 1.807) is 19.1 Å². The van der Waals surface area contributed by atoms with Crippen molar-refractivity contribution in [1.29, 1.82) is 0 Å². The van der Waals surface area contributed by atoms with Gasteiger partial charge in [-0.3, -0.25) is 4.79 Å². The number of hydrogen-bond donors (Lipinski definition) is 1. The lowest BCUT2D eigenvalue weighted by Gasteiger charge is -2.31. The molecule has 1 aromatic carbocycles. The fraction of sp³-hybridized carbons (Fsp3) is 0.500. The van der Waals surface area contributed by atoms with Crippen LogP contribution in [-0.2, 0) is 16.1 Å². The molecule has 0 unspecified atom stereocenters. The Morgan fingerprint density at radius 1 is 1.24 bits per heavy atom. The number of benzene rings is 1. The zero-order valence-corrected chi connectivity index (χ0v) is 17.4. The van der Waals surface area contributed by atoms with Crippen molar-refractivity contribution in [3.8, 4) is 11.1 Å². The fourth-order valence-electron chi connectivity index (χ4n) is 3.71. The molecule has 3 rings (SSSR count). The number of carbonyl (C=O) groups excluding carboxylic acids is 1. The average molecular weight is 398 g/mol. The van der Waals surface area contributed by atoms with E-state index in [4.69, 9.17) is 10.5 Å². The van der Waals surface area contributed by atoms with Crippen LogP contribution >= 0.6 is 0 Å². The van der Waals surface area contributed by atoms with Crippen LogP contribution in [0, 0.1) is 5.92 Å². The first kappa shape index (κ1) is 21.2. The molecule has 1 aromatic heterocycles. The van der Waals surface area contributed by atoms with Crippen LogP contribution in [0.15, 0.2) is 36.7 Å². The van der Waals surface area contributed by atoms with Crippen LogP contribution in [-0.4, -0.2) is 61.2 Å². The standard InChI is InChI=1S/C22H31N5O2/c1-26(21(28)13-23)16-18-4-3-5-19(12-18)20-14-24-22(25-15-20)27-9-6-17(7-10-27)8-11-29-2/h3-5,12,14-15,17H,6-11,13,16,23H2,1-2H3. The Morgan fingerprint density at radius 3 is 2.62 bits per heavy atom. The highest BCUT2D eigenvalue weighted by molar-refractivity contribution is 5.77. The second kappa shape index (κ2) is 10.3. The molecule has 0 saturated carbocycles. The van der Waals surface area contributed by atoms with Crippen molar-refractivity contribution in [2.45, 2.75) is 25.8 Å². The topological polar surface area (TPSA) is 84.6 Å². The minimum Gasteiger partial charge on any atom is -0.385 e. The van der Waals surface area contributed by atoms with Crippen LogP contribution in [0.3, 0.4) is 0 Å². The molecule has 7 heteroatoms. The predicted octanol–water partition coefficient (Wildman–Crippen LogP) is 2.31. The van der Waals surface area contributed by atoms with Gasteiger partial charge in [-0.05, 0) is 42.4 Å². The molecule has 7 nitrogen and oxygen atoms in total. The van der Waals surface area contributed by atoms with E-state index >= 15 is 0 Å². The number of anilines is 1. The Kier molecular flexibility index (Phi) is 7.55. The first-order valence-corrected chi connectivity index (χ1v) is 10.2. The molecular formula is C22H31N5O2. The summed E-state index contributed by atoms with van der Waals surface area (Å²) in [6.07, 6.45) is 7.21. The van der Waals surface area contributed by atoms with E-state index in [1.807, 2.05) is 30.6 Å². The number of aromatic nitrogens is 2. The van der Waals surface area contributed by atoms with Gasteiger partial charge in [0, 0.05) is 58.4 Å². The molecule has 1 saturated heterocycles. The van der Waals surface area contributed by atoms with Gasteiger partial charge in [-0.1, -0.05) is 18.2 Å². The lowest BCUT2D eigenvalue weighted by atomic mass is 9.94. The quantitative estimate of drug-likeness (QED) is 0.736. The Morgan fingerprint density at radius 2 is 1.97 bits per heavy atom. The van der Waals surface area contributed by atoms with Crippen LogP contribution in [0.25, 0.3) is 11.1 Å². The smallest absolute Gasteiger partial charge is 0.236 e. The second-order valence-electron chi connectivity index (χ2n) is 7.64. The fourth-order valence-corrected chi connectivity index (χ4v) is 3.71. The SMILES string of the molecule is COCCC1CCN(c2ncc(-c3cccc(CN(C)C(=O)CN)c3)cn2)CC1. The number of methoxy groups -OCH3 is 1. The van der Waals surface area contributed by atoms with Gasteiger partial charge in [0.05, 0.1) is 6.54 Å². The summed E-state index contributed by atoms with van der Waals surface area (Å²) in [5.74, 6) is 1.45. The maximum atomic E-state index is 11.7. The highest BCUT2D eigenvalue weighted by Crippen LogP contribution is 2.25. The highest BCUT2D eigenvalue weighted by Gasteiger charge is 2.20. The molecule has 0 bridgehead atoms. The van der Waals surface area contributed by atoms with Crippen molar-refractivity contribution >= 4 is 11.9 Å². The van der Waals surface area contributed by atoms with Gasteiger partial charge >= 0.3 is 0 Å². The number of carbonyl (C=O) groups is 1. The second-order valence-corrected chi connectivity index (χ2v) is 7.64. The van der Waals surface area contributed by atoms with E-state index in [-0.39, 0.29) is 12.5 Å². The number of ether oxygens (including phenoxy) is 1. The van der Waals surface area contributed by atoms with Gasteiger partial charge < -0.3 is 20.3 Å². The monoisotopic (exact) mass is 397 g/mol. The van der Waals surface area contributed by atoms with Crippen molar-refractivity contribution in [2.24, 2.45) is 11.7 Å². The van der Waals surface area contributed by atoms with E-state index in [2.05, 4.69) is 20.9 Å². The molecule has 2 heterocycles. The van der Waals surface area contributed by atoms with Crippen LogP contribution in [0.4, 0.5) is 5.95 Å². The summed E-state index contributed by atoms with van der Waals surface area (Å²) in [5, 5.41) is 0. The molecule has 29 heavy (non-hydrogen) atoms. The molecule has 1 fully saturated rings. The van der Waals surface area contributed by atoms with Gasteiger partial charge in [-0.2, -0.15) is 0 Å². The third-order valence-corrected chi connectivity index (χ3v) is 5.55. The Labute approximate surface area is 172 Å². The number of hydrogen-bond acceptors (Lipinski definition) is 6. The number of amides is 1. The normalized spacial score (nSPS) is 14.8. The van der Waals surface area contributed by atoms with Crippen molar-refractivity contribution in [1.82, 2.24) is 14.9 Å². The summed E-state index contributed by atoms with van der Waals surface area (Å²) < 4.78 is 5.19. The molecular weight excluding hydrogens is 366 g/mol. The summed E-state index contributed by atoms with van der Waals surface area (Å²) >= 11 is 0. The lowest BCUT2D eigenvalue weighted by molar-refractivity contribution is -0.128. The third kappa shape index (κ3) is 5.74. The van der Waals surface area contributed by atoms with E-state index in [9.17, 15) is 4.79 Å². The summed E-state index contributed by atoms with van der Waals surface area (Å²) in [6.45, 7) is 3.37. The summed E-state index contributed by atoms with van der Waals surface area (Å²) in [5.41, 5.74) is 8.50. The lowest BCUT2D eigenvalue weighted by Crippen LogP contribution is -2.35. The first-order chi connectivity index (χ1) is 14.1. The van der Waals surface area contributed by atoms with Crippen molar-refractivity contribution in [3.05, 3.63) is 42.2 Å². The van der Waals surface area contributed by atoms with E-state index in [0.29, 0.717) is 6.54 Å². The Balaban J connectivity index is 1.62. The maximum Gasteiger partial charge on any atom is 0.236 e. The van der Waals surface area contributed by atoms with Gasteiger partial charge in [-0.25, -0.2) is 9.97 Å². The number of piperidine rings is 1. The zero-order chi connectivity index (χ0) is 20.6. The number of nitrogens with zero attached hydrogens (tertiary/aromatic N) is 4. The van der Waals surface area contributed by atoms with E-state index in [1.165, 1.54) is 0 Å². The predicted molar refractivity (Wildman–Crippen MR) is 114 cm³/mol. The summed E-state index contributed by atoms with van der Waals surface area (Å²) in [6, 6.07) is 8.10. The molecule has 156 valence electrons. The Bertz CT molecular complexity index is 788. The van der Waals surface area contributed by atoms with Crippen LogP contribution in [0.2, 0.25) is 0 Å². The molecule has 1 aliphatic rings. The number of likely N-dealkylation sites (N-methyl/N-ethyl adjacent to an activating group) is 1. The molecule has 0 aliphatic carbocycles. The van der Waals surface area contributed by atoms with Crippen molar-refractivity contribution in [2.75, 3.05) is 45.3 Å². The summed E-state index contributed by atoms with van der Waals surface area (Å²) in [4.78, 5) is 24.8. The molecule has 0 radical (unpaired) electrons. The van der Waals surface area contributed by atoms with Crippen molar-refractivity contribution in [3.63, 3.8) is 0 Å². The number of nitrogens with two attached hydrogens (primary N) is 1. The highest BCUT2D eigenvalue weighted by atomic mass is 16.5. The zero-order valence-electron chi connectivity index (χ0n) is 17.4. The van der Waals surface area contributed by atoms with Gasteiger partial charge in [0.25, 0.3) is 0 Å². The van der Waals surface area contributed by atoms with E-state index < -0.39 is 0 Å². The number of rotatable bonds is 8. The largest absolute Gasteiger partial charge is 0.385 e. The molecule has 1 amide bonds. The molecule has 1 aliphatic heterocycles. The molecule has 0 spiro atoms. The van der Waals surface area contributed by atoms with Crippen LogP contribution in [0.1, 0.15) is 24.8 Å². The van der Waals surface area contributed by atoms with E-state index in [0.717, 1.165) is 67.5 Å². The summed E-state index contributed by atoms with van der Waals surface area (Å²) in [7, 11) is 3.52. The van der Waals surface area contributed by atoms with Gasteiger partial charge in [0.2, 0.25) is 11.9 Å². The molecule has 2 N–H and O–H groups in total. The van der Waals surface area contributed by atoms with Crippen LogP contribution < -0.4 is 10.6 Å². The molecule has 2 aromatic rings. The molecule has 0 atom stereocenters. The van der Waals surface area contributed by atoms with Crippen LogP contribution in [0.5, 0.6) is 0 Å². The average Bonchev–Trinajstić information content (AvgIpc) is 2.77. The Hall–Kier alpha value is -2.51. The maximum absolute atomic E-state index is 11.7. The first-order valence-electron chi connectivity index (χ1n) is 10.2. The van der Waals surface area contributed by atoms with Crippen molar-refractivity contribution < 1.29 is 9.53 Å². The minimum atomic E-state index is -0.0749.